The van der Waals surface area contributed by atoms with Crippen LogP contribution in [0.5, 0.6) is 0 Å². The normalized spacial score (nSPS) is 19.0. The van der Waals surface area contributed by atoms with E-state index in [1.807, 2.05) is 18.1 Å². The van der Waals surface area contributed by atoms with Crippen molar-refractivity contribution in [1.29, 1.82) is 0 Å². The molecule has 2 saturated heterocycles. The molecule has 2 N–H and O–H groups in total. The predicted octanol–water partition coefficient (Wildman–Crippen LogP) is 0.801. The summed E-state index contributed by atoms with van der Waals surface area (Å²) >= 11 is 0. The number of aliphatic hydroxyl groups is 1. The van der Waals surface area contributed by atoms with Crippen molar-refractivity contribution in [2.45, 2.75) is 32.0 Å². The molecule has 9 heteroatoms. The summed E-state index contributed by atoms with van der Waals surface area (Å²) in [6.45, 7) is 5.09. The van der Waals surface area contributed by atoms with Crippen molar-refractivity contribution >= 4 is 17.6 Å². The van der Waals surface area contributed by atoms with Crippen molar-refractivity contribution in [3.8, 4) is 0 Å². The van der Waals surface area contributed by atoms with E-state index in [9.17, 15) is 9.90 Å². The summed E-state index contributed by atoms with van der Waals surface area (Å²) in [6.07, 6.45) is 5.17. The van der Waals surface area contributed by atoms with Crippen molar-refractivity contribution in [2.75, 3.05) is 44.7 Å². The highest BCUT2D eigenvalue weighted by Gasteiger charge is 2.27. The molecule has 1 amide bonds. The van der Waals surface area contributed by atoms with Gasteiger partial charge in [0.05, 0.1) is 18.0 Å². The van der Waals surface area contributed by atoms with Crippen LogP contribution in [0.1, 0.15) is 24.0 Å². The Morgan fingerprint density at radius 1 is 1.16 bits per heavy atom. The highest BCUT2D eigenvalue weighted by Crippen LogP contribution is 2.17. The zero-order valence-corrected chi connectivity index (χ0v) is 18.9. The van der Waals surface area contributed by atoms with Crippen LogP contribution in [-0.2, 0) is 24.9 Å². The predicted molar refractivity (Wildman–Crippen MR) is 124 cm³/mol. The molecule has 1 aromatic carbocycles. The molecule has 2 aliphatic rings. The number of carbonyl (C=O) groups excluding carboxylic acids is 1. The van der Waals surface area contributed by atoms with Crippen LogP contribution >= 0.6 is 0 Å². The summed E-state index contributed by atoms with van der Waals surface area (Å²) in [5.74, 6) is 0.780. The van der Waals surface area contributed by atoms with Gasteiger partial charge >= 0.3 is 0 Å². The lowest BCUT2D eigenvalue weighted by Crippen LogP contribution is -2.55. The number of piperidine rings is 1. The van der Waals surface area contributed by atoms with E-state index in [0.717, 1.165) is 44.1 Å². The number of hydrogen-bond donors (Lipinski definition) is 2. The van der Waals surface area contributed by atoms with Crippen LogP contribution in [0.4, 0.5) is 5.69 Å². The van der Waals surface area contributed by atoms with Gasteiger partial charge in [-0.05, 0) is 24.0 Å². The SMILES string of the molecule is CN=C(NCc1ccc(CN2CCC(O)CC2)cc1)N1CCN(c2cnn(C)c2)C(=O)C1. The summed E-state index contributed by atoms with van der Waals surface area (Å²) in [5, 5.41) is 17.2. The van der Waals surface area contributed by atoms with Crippen LogP contribution in [-0.4, -0.2) is 82.4 Å². The number of aliphatic hydroxyl groups excluding tert-OH is 1. The maximum absolute atomic E-state index is 12.7. The maximum Gasteiger partial charge on any atom is 0.246 e. The molecule has 0 atom stereocenters. The molecule has 0 bridgehead atoms. The Bertz CT molecular complexity index is 932. The van der Waals surface area contributed by atoms with E-state index in [0.29, 0.717) is 19.6 Å². The van der Waals surface area contributed by atoms with Gasteiger partial charge in [0.15, 0.2) is 5.96 Å². The minimum absolute atomic E-state index is 0.0433. The van der Waals surface area contributed by atoms with Gasteiger partial charge in [0, 0.05) is 59.6 Å². The summed E-state index contributed by atoms with van der Waals surface area (Å²) in [4.78, 5) is 23.2. The number of hydrogen-bond acceptors (Lipinski definition) is 5. The van der Waals surface area contributed by atoms with E-state index in [-0.39, 0.29) is 18.6 Å². The molecule has 0 unspecified atom stereocenters. The third-order valence-electron chi connectivity index (χ3n) is 6.17. The number of nitrogens with zero attached hydrogens (tertiary/aromatic N) is 6. The van der Waals surface area contributed by atoms with E-state index in [2.05, 4.69) is 44.6 Å². The van der Waals surface area contributed by atoms with Crippen molar-refractivity contribution in [3.63, 3.8) is 0 Å². The molecule has 2 aromatic rings. The Morgan fingerprint density at radius 2 is 1.88 bits per heavy atom. The van der Waals surface area contributed by atoms with Crippen molar-refractivity contribution in [3.05, 3.63) is 47.8 Å². The number of amides is 1. The molecular weight excluding hydrogens is 406 g/mol. The number of anilines is 1. The van der Waals surface area contributed by atoms with Crippen LogP contribution in [0, 0.1) is 0 Å². The topological polar surface area (TPSA) is 89.2 Å². The fraction of sp³-hybridized carbons (Fsp3) is 0.522. The average molecular weight is 440 g/mol. The molecule has 0 saturated carbocycles. The van der Waals surface area contributed by atoms with Gasteiger partial charge < -0.3 is 20.2 Å². The number of piperazine rings is 1. The standard InChI is InChI=1S/C23H33N7O2/c1-24-23(29-11-12-30(22(32)17-29)20-14-26-27(2)16-20)25-13-18-3-5-19(6-4-18)15-28-9-7-21(31)8-10-28/h3-6,14,16,21,31H,7-13,15,17H2,1-2H3,(H,24,25). The van der Waals surface area contributed by atoms with E-state index < -0.39 is 0 Å². The average Bonchev–Trinajstić information content (AvgIpc) is 3.23. The quantitative estimate of drug-likeness (QED) is 0.529. The van der Waals surface area contributed by atoms with Gasteiger partial charge in [0.1, 0.15) is 6.54 Å². The smallest absolute Gasteiger partial charge is 0.246 e. The van der Waals surface area contributed by atoms with Gasteiger partial charge in [-0.2, -0.15) is 5.10 Å². The summed E-state index contributed by atoms with van der Waals surface area (Å²) in [5.41, 5.74) is 3.29. The molecule has 3 heterocycles. The first-order valence-electron chi connectivity index (χ1n) is 11.2. The lowest BCUT2D eigenvalue weighted by atomic mass is 10.1. The third kappa shape index (κ3) is 5.46. The molecule has 2 aliphatic heterocycles. The number of aliphatic imine (C=N–C) groups is 1. The molecule has 4 rings (SSSR count). The Kier molecular flexibility index (Phi) is 7.06. The fourth-order valence-electron chi connectivity index (χ4n) is 4.29. The number of rotatable bonds is 5. The van der Waals surface area contributed by atoms with E-state index >= 15 is 0 Å². The molecule has 172 valence electrons. The number of aromatic nitrogens is 2. The molecule has 1 aromatic heterocycles. The Labute approximate surface area is 189 Å². The first kappa shape index (κ1) is 22.3. The van der Waals surface area contributed by atoms with Crippen molar-refractivity contribution < 1.29 is 9.90 Å². The van der Waals surface area contributed by atoms with Gasteiger partial charge in [-0.3, -0.25) is 19.4 Å². The van der Waals surface area contributed by atoms with Crippen LogP contribution in [0.15, 0.2) is 41.7 Å². The van der Waals surface area contributed by atoms with Gasteiger partial charge in [-0.15, -0.1) is 0 Å². The molecular formula is C23H33N7O2. The van der Waals surface area contributed by atoms with Crippen LogP contribution in [0.2, 0.25) is 0 Å². The van der Waals surface area contributed by atoms with Crippen LogP contribution < -0.4 is 10.2 Å². The first-order valence-corrected chi connectivity index (χ1v) is 11.2. The highest BCUT2D eigenvalue weighted by molar-refractivity contribution is 5.98. The van der Waals surface area contributed by atoms with E-state index in [1.54, 1.807) is 22.8 Å². The Morgan fingerprint density at radius 3 is 2.50 bits per heavy atom. The lowest BCUT2D eigenvalue weighted by Gasteiger charge is -2.35. The van der Waals surface area contributed by atoms with Gasteiger partial charge in [0.25, 0.3) is 0 Å². The Hall–Kier alpha value is -2.91. The number of likely N-dealkylation sites (tertiary alicyclic amines) is 1. The molecule has 9 nitrogen and oxygen atoms in total. The minimum Gasteiger partial charge on any atom is -0.393 e. The number of benzene rings is 1. The Balaban J connectivity index is 1.27. The second-order valence-electron chi connectivity index (χ2n) is 8.56. The number of carbonyl (C=O) groups is 1. The maximum atomic E-state index is 12.7. The third-order valence-corrected chi connectivity index (χ3v) is 6.17. The summed E-state index contributed by atoms with van der Waals surface area (Å²) in [7, 11) is 3.60. The summed E-state index contributed by atoms with van der Waals surface area (Å²) in [6, 6.07) is 8.61. The molecule has 0 spiro atoms. The zero-order chi connectivity index (χ0) is 22.5. The first-order chi connectivity index (χ1) is 15.5. The minimum atomic E-state index is -0.136. The van der Waals surface area contributed by atoms with Gasteiger partial charge in [-0.25, -0.2) is 0 Å². The molecule has 2 fully saturated rings. The number of nitrogens with one attached hydrogen (secondary N) is 1. The zero-order valence-electron chi connectivity index (χ0n) is 18.9. The van der Waals surface area contributed by atoms with Crippen molar-refractivity contribution in [2.24, 2.45) is 12.0 Å². The van der Waals surface area contributed by atoms with Gasteiger partial charge in [0.2, 0.25) is 5.91 Å². The molecule has 32 heavy (non-hydrogen) atoms. The van der Waals surface area contributed by atoms with Gasteiger partial charge in [-0.1, -0.05) is 24.3 Å². The number of guanidine groups is 1. The number of aryl methyl sites for hydroxylation is 1. The second kappa shape index (κ2) is 10.1. The van der Waals surface area contributed by atoms with E-state index in [1.165, 1.54) is 11.1 Å². The molecule has 0 radical (unpaired) electrons. The molecule has 0 aliphatic carbocycles. The van der Waals surface area contributed by atoms with Crippen LogP contribution in [0.3, 0.4) is 0 Å². The van der Waals surface area contributed by atoms with Crippen LogP contribution in [0.25, 0.3) is 0 Å². The summed E-state index contributed by atoms with van der Waals surface area (Å²) < 4.78 is 1.71. The largest absolute Gasteiger partial charge is 0.393 e. The fourth-order valence-corrected chi connectivity index (χ4v) is 4.29. The lowest BCUT2D eigenvalue weighted by molar-refractivity contribution is -0.120. The highest BCUT2D eigenvalue weighted by atomic mass is 16.3. The second-order valence-corrected chi connectivity index (χ2v) is 8.56. The van der Waals surface area contributed by atoms with E-state index in [4.69, 9.17) is 0 Å². The van der Waals surface area contributed by atoms with Crippen molar-refractivity contribution in [1.82, 2.24) is 24.9 Å². The monoisotopic (exact) mass is 439 g/mol.